The smallest absolute Gasteiger partial charge is 0.0107 e. The van der Waals surface area contributed by atoms with Crippen LogP contribution in [0.15, 0.2) is 12.2 Å². The molecule has 0 aromatic rings. The van der Waals surface area contributed by atoms with Crippen LogP contribution in [0.1, 0.15) is 46.5 Å². The summed E-state index contributed by atoms with van der Waals surface area (Å²) in [5, 5.41) is 0. The predicted octanol–water partition coefficient (Wildman–Crippen LogP) is 4.27. The van der Waals surface area contributed by atoms with Crippen molar-refractivity contribution >= 4 is 0 Å². The third-order valence-electron chi connectivity index (χ3n) is 5.94. The van der Waals surface area contributed by atoms with E-state index >= 15 is 0 Å². The Morgan fingerprint density at radius 3 is 2.73 bits per heavy atom. The van der Waals surface area contributed by atoms with Crippen LogP contribution in [0, 0.1) is 35.0 Å². The van der Waals surface area contributed by atoms with Crippen LogP contribution in [0.25, 0.3) is 0 Å². The third kappa shape index (κ3) is 1.04. The Bertz CT molecular complexity index is 301. The number of rotatable bonds is 1. The molecule has 1 spiro atoms. The van der Waals surface area contributed by atoms with Crippen molar-refractivity contribution in [1.29, 1.82) is 0 Å². The van der Waals surface area contributed by atoms with Gasteiger partial charge in [0, 0.05) is 0 Å². The van der Waals surface area contributed by atoms with Gasteiger partial charge in [-0.1, -0.05) is 32.9 Å². The molecule has 3 aliphatic rings. The monoisotopic (exact) mass is 204 g/mol. The maximum atomic E-state index is 4.32. The van der Waals surface area contributed by atoms with Gasteiger partial charge >= 0.3 is 0 Å². The first kappa shape index (κ1) is 9.93. The molecule has 3 fully saturated rings. The van der Waals surface area contributed by atoms with E-state index in [9.17, 15) is 0 Å². The molecule has 3 rings (SSSR count). The summed E-state index contributed by atoms with van der Waals surface area (Å²) in [7, 11) is 0. The first-order chi connectivity index (χ1) is 7.09. The second-order valence-corrected chi connectivity index (χ2v) is 6.66. The van der Waals surface area contributed by atoms with E-state index < -0.39 is 0 Å². The van der Waals surface area contributed by atoms with Gasteiger partial charge in [0.05, 0.1) is 0 Å². The Balaban J connectivity index is 1.91. The lowest BCUT2D eigenvalue weighted by molar-refractivity contribution is 0.142. The van der Waals surface area contributed by atoms with E-state index in [1.165, 1.54) is 25.7 Å². The van der Waals surface area contributed by atoms with E-state index in [-0.39, 0.29) is 0 Å². The summed E-state index contributed by atoms with van der Waals surface area (Å²) in [6.45, 7) is 11.7. The molecule has 0 N–H and O–H groups in total. The minimum atomic E-state index is 0.740. The van der Waals surface area contributed by atoms with Gasteiger partial charge < -0.3 is 0 Å². The molecule has 0 heterocycles. The molecule has 0 amide bonds. The molecule has 84 valence electrons. The summed E-state index contributed by atoms with van der Waals surface area (Å²) < 4.78 is 0. The molecule has 3 aliphatic carbocycles. The topological polar surface area (TPSA) is 0 Å². The molecular weight excluding hydrogens is 180 g/mol. The van der Waals surface area contributed by atoms with E-state index in [1.54, 1.807) is 5.57 Å². The highest BCUT2D eigenvalue weighted by atomic mass is 14.8. The van der Waals surface area contributed by atoms with Crippen LogP contribution in [0.5, 0.6) is 0 Å². The minimum Gasteiger partial charge on any atom is -0.0995 e. The molecule has 0 aromatic heterocycles. The Labute approximate surface area is 94.1 Å². The summed E-state index contributed by atoms with van der Waals surface area (Å²) in [4.78, 5) is 0. The van der Waals surface area contributed by atoms with E-state index in [2.05, 4.69) is 27.4 Å². The zero-order valence-electron chi connectivity index (χ0n) is 10.4. The quantitative estimate of drug-likeness (QED) is 0.559. The van der Waals surface area contributed by atoms with E-state index in [1.807, 2.05) is 0 Å². The van der Waals surface area contributed by atoms with Crippen LogP contribution in [0.4, 0.5) is 0 Å². The molecule has 5 atom stereocenters. The Hall–Kier alpha value is -0.260. The molecule has 3 saturated carbocycles. The molecule has 0 aliphatic heterocycles. The van der Waals surface area contributed by atoms with Crippen molar-refractivity contribution in [2.75, 3.05) is 0 Å². The van der Waals surface area contributed by atoms with Gasteiger partial charge in [0.2, 0.25) is 0 Å². The fraction of sp³-hybridized carbons (Fsp3) is 0.867. The Morgan fingerprint density at radius 1 is 1.33 bits per heavy atom. The van der Waals surface area contributed by atoms with Crippen molar-refractivity contribution in [3.63, 3.8) is 0 Å². The third-order valence-corrected chi connectivity index (χ3v) is 5.94. The van der Waals surface area contributed by atoms with E-state index in [4.69, 9.17) is 0 Å². The van der Waals surface area contributed by atoms with Crippen molar-refractivity contribution in [3.05, 3.63) is 12.2 Å². The summed E-state index contributed by atoms with van der Waals surface area (Å²) in [6.07, 6.45) is 5.75. The zero-order valence-corrected chi connectivity index (χ0v) is 10.4. The minimum absolute atomic E-state index is 0.740. The fourth-order valence-electron chi connectivity index (χ4n) is 5.14. The predicted molar refractivity (Wildman–Crippen MR) is 64.5 cm³/mol. The first-order valence-corrected chi connectivity index (χ1v) is 6.76. The van der Waals surface area contributed by atoms with Gasteiger partial charge in [0.25, 0.3) is 0 Å². The summed E-state index contributed by atoms with van der Waals surface area (Å²) in [6, 6.07) is 0. The van der Waals surface area contributed by atoms with Crippen molar-refractivity contribution in [2.24, 2.45) is 35.0 Å². The summed E-state index contributed by atoms with van der Waals surface area (Å²) >= 11 is 0. The van der Waals surface area contributed by atoms with Crippen molar-refractivity contribution in [2.45, 2.75) is 46.5 Å². The van der Waals surface area contributed by atoms with Crippen LogP contribution in [0.3, 0.4) is 0 Å². The van der Waals surface area contributed by atoms with Crippen LogP contribution >= 0.6 is 0 Å². The summed E-state index contributed by atoms with van der Waals surface area (Å²) in [5.41, 5.74) is 2.34. The van der Waals surface area contributed by atoms with Crippen LogP contribution < -0.4 is 0 Å². The standard InChI is InChI=1S/C15H24/c1-9(2)12-6-5-11(4)15-8-7-10(3)13(15)14(12)15/h9,11-14H,3,5-8H2,1-2,4H3/t11-,12+,13?,14-,15+/m1/s1. The summed E-state index contributed by atoms with van der Waals surface area (Å²) in [5.74, 6) is 4.83. The molecule has 0 nitrogen and oxygen atoms in total. The molecule has 0 aromatic carbocycles. The molecule has 0 bridgehead atoms. The zero-order chi connectivity index (χ0) is 10.8. The number of fused-ring (bicyclic) bond motifs is 1. The van der Waals surface area contributed by atoms with Crippen molar-refractivity contribution < 1.29 is 0 Å². The molecular formula is C15H24. The van der Waals surface area contributed by atoms with Gasteiger partial charge in [-0.2, -0.15) is 0 Å². The second-order valence-electron chi connectivity index (χ2n) is 6.66. The lowest BCUT2D eigenvalue weighted by atomic mass is 9.70. The molecule has 1 unspecified atom stereocenters. The van der Waals surface area contributed by atoms with Crippen LogP contribution in [-0.2, 0) is 0 Å². The maximum Gasteiger partial charge on any atom is -0.0107 e. The lowest BCUT2D eigenvalue weighted by Crippen LogP contribution is -2.27. The van der Waals surface area contributed by atoms with Crippen molar-refractivity contribution in [3.8, 4) is 0 Å². The highest BCUT2D eigenvalue weighted by Gasteiger charge is 2.73. The number of hydrogen-bond acceptors (Lipinski definition) is 0. The number of hydrogen-bond donors (Lipinski definition) is 0. The van der Waals surface area contributed by atoms with Crippen LogP contribution in [0.2, 0.25) is 0 Å². The average Bonchev–Trinajstić information content (AvgIpc) is 2.75. The van der Waals surface area contributed by atoms with Crippen LogP contribution in [-0.4, -0.2) is 0 Å². The van der Waals surface area contributed by atoms with Gasteiger partial charge in [-0.3, -0.25) is 0 Å². The highest BCUT2D eigenvalue weighted by Crippen LogP contribution is 2.79. The fourth-order valence-corrected chi connectivity index (χ4v) is 5.14. The van der Waals surface area contributed by atoms with Gasteiger partial charge in [-0.15, -0.1) is 0 Å². The Morgan fingerprint density at radius 2 is 2.07 bits per heavy atom. The maximum absolute atomic E-state index is 4.32. The van der Waals surface area contributed by atoms with Gasteiger partial charge in [-0.05, 0) is 60.7 Å². The SMILES string of the molecule is C=C1CC[C@]23C1[C@H]2[C@H](C(C)C)CC[C@H]3C. The van der Waals surface area contributed by atoms with Crippen molar-refractivity contribution in [1.82, 2.24) is 0 Å². The normalized spacial score (nSPS) is 52.9. The van der Waals surface area contributed by atoms with E-state index in [0.29, 0.717) is 0 Å². The van der Waals surface area contributed by atoms with E-state index in [0.717, 1.165) is 35.0 Å². The average molecular weight is 204 g/mol. The first-order valence-electron chi connectivity index (χ1n) is 6.76. The molecule has 15 heavy (non-hydrogen) atoms. The molecule has 0 saturated heterocycles. The largest absolute Gasteiger partial charge is 0.0995 e. The van der Waals surface area contributed by atoms with Gasteiger partial charge in [0.1, 0.15) is 0 Å². The lowest BCUT2D eigenvalue weighted by Gasteiger charge is -2.35. The number of allylic oxidation sites excluding steroid dienone is 1. The Kier molecular flexibility index (Phi) is 1.92. The highest BCUT2D eigenvalue weighted by molar-refractivity contribution is 5.33. The second kappa shape index (κ2) is 2.90. The molecule has 0 heteroatoms. The van der Waals surface area contributed by atoms with Gasteiger partial charge in [-0.25, -0.2) is 0 Å². The van der Waals surface area contributed by atoms with Gasteiger partial charge in [0.15, 0.2) is 0 Å². The molecule has 0 radical (unpaired) electrons.